The van der Waals surface area contributed by atoms with Gasteiger partial charge in [0.25, 0.3) is 5.91 Å². The van der Waals surface area contributed by atoms with Crippen LogP contribution in [0.25, 0.3) is 0 Å². The highest BCUT2D eigenvalue weighted by molar-refractivity contribution is 6.12. The number of hydrogen-bond donors (Lipinski definition) is 3. The van der Waals surface area contributed by atoms with Gasteiger partial charge < -0.3 is 20.3 Å². The summed E-state index contributed by atoms with van der Waals surface area (Å²) in [6, 6.07) is 16.4. The topological polar surface area (TPSA) is 130 Å². The number of Topliss-reactive ketones (excluding diaryl/α,β-unsaturated/α-hetero) is 1. The van der Waals surface area contributed by atoms with Crippen molar-refractivity contribution in [1.29, 1.82) is 0 Å². The molecule has 0 heterocycles. The number of aromatic carboxylic acids is 2. The molecule has 0 unspecified atom stereocenters. The van der Waals surface area contributed by atoms with Gasteiger partial charge in [0.05, 0.1) is 22.4 Å². The van der Waals surface area contributed by atoms with Crippen LogP contribution in [0.5, 0.6) is 11.5 Å². The molecule has 0 aliphatic rings. The molecule has 0 saturated carbocycles. The maximum absolute atomic E-state index is 12.7. The number of carboxylic acid groups (broad SMARTS) is 2. The van der Waals surface area contributed by atoms with Gasteiger partial charge in [-0.25, -0.2) is 9.59 Å². The Hall–Kier alpha value is -4.46. The number of nitrogens with one attached hydrogen (secondary N) is 1. The third kappa shape index (κ3) is 4.76. The molecule has 156 valence electrons. The summed E-state index contributed by atoms with van der Waals surface area (Å²) in [5.41, 5.74) is -0.0493. The molecule has 1 amide bonds. The van der Waals surface area contributed by atoms with Crippen LogP contribution in [0.3, 0.4) is 0 Å². The number of ketones is 1. The highest BCUT2D eigenvalue weighted by Gasteiger charge is 2.19. The lowest BCUT2D eigenvalue weighted by atomic mass is 10.0. The minimum absolute atomic E-state index is 0.0771. The number of carbonyl (C=O) groups excluding carboxylic acids is 2. The smallest absolute Gasteiger partial charge is 0.336 e. The highest BCUT2D eigenvalue weighted by Crippen LogP contribution is 2.31. The SMILES string of the molecule is CC(=O)c1ccccc1C(=O)Nc1ccccc1Oc1ccc(C(=O)O)c(C(=O)O)c1. The van der Waals surface area contributed by atoms with Gasteiger partial charge in [0.1, 0.15) is 5.75 Å². The molecule has 0 spiro atoms. The van der Waals surface area contributed by atoms with Gasteiger partial charge in [-0.15, -0.1) is 0 Å². The summed E-state index contributed by atoms with van der Waals surface area (Å²) >= 11 is 0. The molecule has 0 aliphatic heterocycles. The molecule has 8 nitrogen and oxygen atoms in total. The number of rotatable bonds is 7. The van der Waals surface area contributed by atoms with Crippen molar-refractivity contribution in [2.24, 2.45) is 0 Å². The number of para-hydroxylation sites is 2. The van der Waals surface area contributed by atoms with Crippen molar-refractivity contribution in [3.8, 4) is 11.5 Å². The quantitative estimate of drug-likeness (QED) is 0.486. The molecule has 31 heavy (non-hydrogen) atoms. The van der Waals surface area contributed by atoms with E-state index in [1.54, 1.807) is 42.5 Å². The van der Waals surface area contributed by atoms with Crippen molar-refractivity contribution in [2.75, 3.05) is 5.32 Å². The molecule has 0 bridgehead atoms. The Morgan fingerprint density at radius 2 is 1.35 bits per heavy atom. The van der Waals surface area contributed by atoms with Crippen LogP contribution < -0.4 is 10.1 Å². The predicted molar refractivity (Wildman–Crippen MR) is 111 cm³/mol. The summed E-state index contributed by atoms with van der Waals surface area (Å²) in [7, 11) is 0. The Balaban J connectivity index is 1.91. The molecule has 0 fully saturated rings. The van der Waals surface area contributed by atoms with Gasteiger partial charge in [0.2, 0.25) is 0 Å². The summed E-state index contributed by atoms with van der Waals surface area (Å²) in [5.74, 6) is -3.28. The molecule has 0 aliphatic carbocycles. The van der Waals surface area contributed by atoms with E-state index in [1.807, 2.05) is 0 Å². The van der Waals surface area contributed by atoms with Crippen LogP contribution in [0.2, 0.25) is 0 Å². The average Bonchev–Trinajstić information content (AvgIpc) is 2.74. The van der Waals surface area contributed by atoms with Crippen molar-refractivity contribution in [3.63, 3.8) is 0 Å². The maximum Gasteiger partial charge on any atom is 0.336 e. The van der Waals surface area contributed by atoms with Crippen LogP contribution in [0, 0.1) is 0 Å². The third-order valence-corrected chi connectivity index (χ3v) is 4.37. The molecule has 8 heteroatoms. The second-order valence-corrected chi connectivity index (χ2v) is 6.47. The fourth-order valence-corrected chi connectivity index (χ4v) is 2.91. The van der Waals surface area contributed by atoms with Gasteiger partial charge in [-0.2, -0.15) is 0 Å². The standard InChI is InChI=1S/C23H17NO7/c1-13(25)15-6-2-3-7-16(15)21(26)24-19-8-4-5-9-20(19)31-14-10-11-17(22(27)28)18(12-14)23(29)30/h2-12H,1H3,(H,24,26)(H,27,28)(H,29,30). The molecular formula is C23H17NO7. The van der Waals surface area contributed by atoms with Crippen molar-refractivity contribution in [2.45, 2.75) is 6.92 Å². The Kier molecular flexibility index (Phi) is 6.11. The minimum atomic E-state index is -1.41. The van der Waals surface area contributed by atoms with Crippen LogP contribution in [0.4, 0.5) is 5.69 Å². The molecule has 0 saturated heterocycles. The van der Waals surface area contributed by atoms with Crippen LogP contribution >= 0.6 is 0 Å². The fourth-order valence-electron chi connectivity index (χ4n) is 2.91. The number of ether oxygens (including phenoxy) is 1. The summed E-state index contributed by atoms with van der Waals surface area (Å²) in [6.07, 6.45) is 0. The number of carboxylic acids is 2. The van der Waals surface area contributed by atoms with Gasteiger partial charge in [0.15, 0.2) is 11.5 Å². The van der Waals surface area contributed by atoms with Gasteiger partial charge >= 0.3 is 11.9 Å². The van der Waals surface area contributed by atoms with E-state index in [1.165, 1.54) is 19.1 Å². The summed E-state index contributed by atoms with van der Waals surface area (Å²) in [6.45, 7) is 1.37. The number of anilines is 1. The largest absolute Gasteiger partial charge is 0.478 e. The van der Waals surface area contributed by atoms with E-state index >= 15 is 0 Å². The average molecular weight is 419 g/mol. The number of benzene rings is 3. The van der Waals surface area contributed by atoms with Crippen LogP contribution in [0.15, 0.2) is 66.7 Å². The van der Waals surface area contributed by atoms with Crippen molar-refractivity contribution < 1.29 is 34.1 Å². The molecule has 3 aromatic rings. The predicted octanol–water partition coefficient (Wildman–Crippen LogP) is 4.33. The Labute approximate surface area is 176 Å². The van der Waals surface area contributed by atoms with E-state index in [2.05, 4.69) is 5.32 Å². The lowest BCUT2D eigenvalue weighted by Crippen LogP contribution is -2.16. The fraction of sp³-hybridized carbons (Fsp3) is 0.0435. The zero-order valence-corrected chi connectivity index (χ0v) is 16.3. The number of hydrogen-bond acceptors (Lipinski definition) is 5. The highest BCUT2D eigenvalue weighted by atomic mass is 16.5. The second kappa shape index (κ2) is 8.91. The van der Waals surface area contributed by atoms with Gasteiger partial charge in [-0.3, -0.25) is 9.59 Å². The first-order valence-corrected chi connectivity index (χ1v) is 9.06. The first kappa shape index (κ1) is 21.3. The van der Waals surface area contributed by atoms with Gasteiger partial charge in [-0.05, 0) is 43.3 Å². The second-order valence-electron chi connectivity index (χ2n) is 6.47. The van der Waals surface area contributed by atoms with E-state index < -0.39 is 23.4 Å². The molecule has 0 radical (unpaired) electrons. The molecule has 3 N–H and O–H groups in total. The van der Waals surface area contributed by atoms with Crippen molar-refractivity contribution >= 4 is 29.3 Å². The van der Waals surface area contributed by atoms with Crippen LogP contribution in [-0.4, -0.2) is 33.8 Å². The maximum atomic E-state index is 12.7. The van der Waals surface area contributed by atoms with Gasteiger partial charge in [-0.1, -0.05) is 30.3 Å². The van der Waals surface area contributed by atoms with Crippen LogP contribution in [0.1, 0.15) is 48.4 Å². The summed E-state index contributed by atoms with van der Waals surface area (Å²) < 4.78 is 5.71. The molecule has 3 aromatic carbocycles. The Bertz CT molecular complexity index is 1200. The van der Waals surface area contributed by atoms with E-state index in [-0.39, 0.29) is 39.7 Å². The van der Waals surface area contributed by atoms with Gasteiger partial charge in [0, 0.05) is 5.56 Å². The van der Waals surface area contributed by atoms with E-state index in [4.69, 9.17) is 9.84 Å². The van der Waals surface area contributed by atoms with Crippen molar-refractivity contribution in [1.82, 2.24) is 0 Å². The molecule has 0 atom stereocenters. The molecule has 3 rings (SSSR count). The monoisotopic (exact) mass is 419 g/mol. The Morgan fingerprint density at radius 3 is 2.00 bits per heavy atom. The normalized spacial score (nSPS) is 10.2. The summed E-state index contributed by atoms with van der Waals surface area (Å²) in [4.78, 5) is 47.1. The molecular weight excluding hydrogens is 402 g/mol. The first-order valence-electron chi connectivity index (χ1n) is 9.06. The minimum Gasteiger partial charge on any atom is -0.478 e. The lowest BCUT2D eigenvalue weighted by Gasteiger charge is -2.14. The zero-order valence-electron chi connectivity index (χ0n) is 16.3. The lowest BCUT2D eigenvalue weighted by molar-refractivity contribution is 0.0651. The molecule has 0 aromatic heterocycles. The van der Waals surface area contributed by atoms with E-state index in [9.17, 15) is 24.3 Å². The zero-order chi connectivity index (χ0) is 22.5. The Morgan fingerprint density at radius 1 is 0.742 bits per heavy atom. The summed E-state index contributed by atoms with van der Waals surface area (Å²) in [5, 5.41) is 21.1. The first-order chi connectivity index (χ1) is 14.8. The van der Waals surface area contributed by atoms with E-state index in [0.29, 0.717) is 0 Å². The number of carbonyl (C=O) groups is 4. The number of amides is 1. The van der Waals surface area contributed by atoms with Crippen LogP contribution in [-0.2, 0) is 0 Å². The third-order valence-electron chi connectivity index (χ3n) is 4.37. The van der Waals surface area contributed by atoms with E-state index in [0.717, 1.165) is 12.1 Å². The van der Waals surface area contributed by atoms with Crippen molar-refractivity contribution in [3.05, 3.63) is 89.0 Å².